The molecule has 4 nitrogen and oxygen atoms in total. The summed E-state index contributed by atoms with van der Waals surface area (Å²) < 4.78 is 0. The fourth-order valence-corrected chi connectivity index (χ4v) is 3.32. The second-order valence-electron chi connectivity index (χ2n) is 5.61. The minimum atomic E-state index is -0.118. The molecule has 1 aromatic carbocycles. The van der Waals surface area contributed by atoms with Gasteiger partial charge in [0, 0.05) is 6.04 Å². The number of aromatic hydroxyl groups is 1. The number of hydrogen-bond donors (Lipinski definition) is 3. The second kappa shape index (κ2) is 5.21. The number of hydrogen-bond acceptors (Lipinski definition) is 3. The van der Waals surface area contributed by atoms with E-state index in [0.717, 1.165) is 6.42 Å². The molecule has 4 heteroatoms. The van der Waals surface area contributed by atoms with Crippen LogP contribution >= 0.6 is 0 Å². The average molecular weight is 260 g/mol. The number of rotatable bonds is 2. The van der Waals surface area contributed by atoms with E-state index in [-0.39, 0.29) is 17.7 Å². The Bertz CT molecular complexity index is 461. The summed E-state index contributed by atoms with van der Waals surface area (Å²) in [5, 5.41) is 15.9. The van der Waals surface area contributed by atoms with Gasteiger partial charge in [-0.1, -0.05) is 25.0 Å². The molecule has 0 spiro atoms. The normalized spacial score (nSPS) is 29.8. The Morgan fingerprint density at radius 3 is 2.84 bits per heavy atom. The number of benzene rings is 1. The summed E-state index contributed by atoms with van der Waals surface area (Å²) in [6.07, 6.45) is 5.89. The number of phenolic OH excluding ortho intramolecular Hbond substituents is 1. The monoisotopic (exact) mass is 260 g/mol. The Kier molecular flexibility index (Phi) is 3.42. The lowest BCUT2D eigenvalue weighted by Crippen LogP contribution is -2.39. The van der Waals surface area contributed by atoms with Gasteiger partial charge in [0.2, 0.25) is 5.91 Å². The maximum atomic E-state index is 12.2. The minimum Gasteiger partial charge on any atom is -0.506 e. The van der Waals surface area contributed by atoms with E-state index in [2.05, 4.69) is 10.6 Å². The number of para-hydroxylation sites is 2. The average Bonchev–Trinajstić information content (AvgIpc) is 2.85. The van der Waals surface area contributed by atoms with Crippen LogP contribution in [0.25, 0.3) is 0 Å². The summed E-state index contributed by atoms with van der Waals surface area (Å²) >= 11 is 0. The van der Waals surface area contributed by atoms with Crippen LogP contribution in [0.5, 0.6) is 5.75 Å². The van der Waals surface area contributed by atoms with Crippen LogP contribution in [0.3, 0.4) is 0 Å². The Hall–Kier alpha value is -1.55. The van der Waals surface area contributed by atoms with Gasteiger partial charge in [-0.05, 0) is 37.3 Å². The lowest BCUT2D eigenvalue weighted by Gasteiger charge is -2.24. The van der Waals surface area contributed by atoms with Crippen molar-refractivity contribution in [1.82, 2.24) is 5.32 Å². The van der Waals surface area contributed by atoms with Crippen molar-refractivity contribution >= 4 is 11.6 Å². The summed E-state index contributed by atoms with van der Waals surface area (Å²) in [6, 6.07) is 7.23. The molecule has 3 N–H and O–H groups in total. The zero-order chi connectivity index (χ0) is 13.2. The first-order valence-electron chi connectivity index (χ1n) is 7.09. The van der Waals surface area contributed by atoms with Crippen molar-refractivity contribution in [3.05, 3.63) is 24.3 Å². The molecule has 3 atom stereocenters. The molecule has 1 aromatic rings. The molecule has 102 valence electrons. The highest BCUT2D eigenvalue weighted by atomic mass is 16.3. The smallest absolute Gasteiger partial charge is 0.241 e. The largest absolute Gasteiger partial charge is 0.506 e. The van der Waals surface area contributed by atoms with E-state index in [0.29, 0.717) is 17.6 Å². The number of carbonyl (C=O) groups excluding carboxylic acids is 1. The van der Waals surface area contributed by atoms with E-state index in [9.17, 15) is 9.90 Å². The number of phenols is 1. The van der Waals surface area contributed by atoms with E-state index in [1.165, 1.54) is 25.7 Å². The van der Waals surface area contributed by atoms with Crippen LogP contribution < -0.4 is 10.6 Å². The third-order valence-corrected chi connectivity index (χ3v) is 4.34. The predicted octanol–water partition coefficient (Wildman–Crippen LogP) is 2.25. The molecule has 1 aliphatic heterocycles. The minimum absolute atomic E-state index is 0.0316. The fraction of sp³-hybridized carbons (Fsp3) is 0.533. The summed E-state index contributed by atoms with van der Waals surface area (Å²) in [5.41, 5.74) is 0.490. The number of anilines is 1. The van der Waals surface area contributed by atoms with Gasteiger partial charge in [0.1, 0.15) is 5.75 Å². The maximum Gasteiger partial charge on any atom is 0.241 e. The highest BCUT2D eigenvalue weighted by Gasteiger charge is 2.38. The van der Waals surface area contributed by atoms with Gasteiger partial charge in [0.15, 0.2) is 0 Å². The Labute approximate surface area is 113 Å². The molecule has 19 heavy (non-hydrogen) atoms. The van der Waals surface area contributed by atoms with Crippen LogP contribution in [-0.2, 0) is 4.79 Å². The van der Waals surface area contributed by atoms with Gasteiger partial charge in [-0.25, -0.2) is 0 Å². The van der Waals surface area contributed by atoms with E-state index in [1.807, 2.05) is 0 Å². The van der Waals surface area contributed by atoms with Crippen molar-refractivity contribution in [2.45, 2.75) is 44.2 Å². The quantitative estimate of drug-likeness (QED) is 0.715. The van der Waals surface area contributed by atoms with Crippen LogP contribution in [0, 0.1) is 5.92 Å². The third kappa shape index (κ3) is 2.59. The lowest BCUT2D eigenvalue weighted by atomic mass is 9.85. The van der Waals surface area contributed by atoms with E-state index < -0.39 is 0 Å². The molecule has 0 bridgehead atoms. The van der Waals surface area contributed by atoms with E-state index in [1.54, 1.807) is 24.3 Å². The Morgan fingerprint density at radius 2 is 2.05 bits per heavy atom. The van der Waals surface area contributed by atoms with Crippen molar-refractivity contribution < 1.29 is 9.90 Å². The molecule has 1 saturated heterocycles. The Balaban J connectivity index is 1.64. The fourth-order valence-electron chi connectivity index (χ4n) is 3.32. The molecule has 0 radical (unpaired) electrons. The number of fused-ring (bicyclic) bond motifs is 1. The van der Waals surface area contributed by atoms with Gasteiger partial charge in [-0.2, -0.15) is 0 Å². The first kappa shape index (κ1) is 12.5. The van der Waals surface area contributed by atoms with Crippen molar-refractivity contribution in [2.24, 2.45) is 5.92 Å². The highest BCUT2D eigenvalue weighted by molar-refractivity contribution is 5.96. The second-order valence-corrected chi connectivity index (χ2v) is 5.61. The van der Waals surface area contributed by atoms with Crippen molar-refractivity contribution in [2.75, 3.05) is 5.32 Å². The summed E-state index contributed by atoms with van der Waals surface area (Å²) in [5.74, 6) is 0.732. The molecule has 3 rings (SSSR count). The van der Waals surface area contributed by atoms with Gasteiger partial charge in [0.25, 0.3) is 0 Å². The van der Waals surface area contributed by atoms with Gasteiger partial charge in [-0.15, -0.1) is 0 Å². The van der Waals surface area contributed by atoms with Crippen LogP contribution in [0.15, 0.2) is 24.3 Å². The first-order valence-corrected chi connectivity index (χ1v) is 7.09. The van der Waals surface area contributed by atoms with Crippen LogP contribution in [0.2, 0.25) is 0 Å². The molecule has 0 aromatic heterocycles. The van der Waals surface area contributed by atoms with Crippen molar-refractivity contribution in [1.29, 1.82) is 0 Å². The molecule has 3 unspecified atom stereocenters. The molecule has 1 heterocycles. The molecule has 1 amide bonds. The molecule has 1 saturated carbocycles. The number of amides is 1. The van der Waals surface area contributed by atoms with Gasteiger partial charge in [-0.3, -0.25) is 4.79 Å². The van der Waals surface area contributed by atoms with Crippen molar-refractivity contribution in [3.8, 4) is 5.75 Å². The molecule has 1 aliphatic carbocycles. The van der Waals surface area contributed by atoms with Crippen LogP contribution in [-0.4, -0.2) is 23.1 Å². The number of nitrogens with one attached hydrogen (secondary N) is 2. The first-order chi connectivity index (χ1) is 9.24. The predicted molar refractivity (Wildman–Crippen MR) is 74.0 cm³/mol. The van der Waals surface area contributed by atoms with E-state index in [4.69, 9.17) is 0 Å². The standard InChI is InChI=1S/C15H20N2O2/c18-14-8-4-3-7-12(14)17-15(19)13-9-10-5-1-2-6-11(10)16-13/h3-4,7-8,10-11,13,16,18H,1-2,5-6,9H2,(H,17,19). The summed E-state index contributed by atoms with van der Waals surface area (Å²) in [6.45, 7) is 0. The molecule has 2 fully saturated rings. The topological polar surface area (TPSA) is 61.4 Å². The SMILES string of the molecule is O=C(Nc1ccccc1O)C1CC2CCCCC2N1. The maximum absolute atomic E-state index is 12.2. The van der Waals surface area contributed by atoms with Gasteiger partial charge >= 0.3 is 0 Å². The highest BCUT2D eigenvalue weighted by Crippen LogP contribution is 2.33. The Morgan fingerprint density at radius 1 is 1.26 bits per heavy atom. The molecule has 2 aliphatic rings. The lowest BCUT2D eigenvalue weighted by molar-refractivity contribution is -0.117. The van der Waals surface area contributed by atoms with Crippen LogP contribution in [0.4, 0.5) is 5.69 Å². The van der Waals surface area contributed by atoms with Crippen molar-refractivity contribution in [3.63, 3.8) is 0 Å². The van der Waals surface area contributed by atoms with Gasteiger partial charge in [0.05, 0.1) is 11.7 Å². The van der Waals surface area contributed by atoms with E-state index >= 15 is 0 Å². The van der Waals surface area contributed by atoms with Crippen LogP contribution in [0.1, 0.15) is 32.1 Å². The molecular weight excluding hydrogens is 240 g/mol. The zero-order valence-electron chi connectivity index (χ0n) is 10.9. The summed E-state index contributed by atoms with van der Waals surface area (Å²) in [7, 11) is 0. The molecular formula is C15H20N2O2. The summed E-state index contributed by atoms with van der Waals surface area (Å²) in [4.78, 5) is 12.2. The third-order valence-electron chi connectivity index (χ3n) is 4.34. The zero-order valence-corrected chi connectivity index (χ0v) is 10.9. The van der Waals surface area contributed by atoms with Gasteiger partial charge < -0.3 is 15.7 Å². The number of carbonyl (C=O) groups is 1.